The Labute approximate surface area is 126 Å². The average molecular weight is 316 g/mol. The molecule has 8 heteroatoms. The van der Waals surface area contributed by atoms with Gasteiger partial charge < -0.3 is 10.6 Å². The molecule has 1 fully saturated rings. The second kappa shape index (κ2) is 7.06. The number of carbonyl (C=O) groups excluding carboxylic acids is 1. The number of aromatic nitrogens is 1. The van der Waals surface area contributed by atoms with Gasteiger partial charge in [0.15, 0.2) is 0 Å². The van der Waals surface area contributed by atoms with Gasteiger partial charge in [-0.05, 0) is 19.1 Å². The number of rotatable bonds is 4. The third-order valence-electron chi connectivity index (χ3n) is 3.54. The smallest absolute Gasteiger partial charge is 0.351 e. The van der Waals surface area contributed by atoms with E-state index in [0.29, 0.717) is 6.54 Å². The van der Waals surface area contributed by atoms with Gasteiger partial charge in [-0.1, -0.05) is 0 Å². The van der Waals surface area contributed by atoms with Crippen molar-refractivity contribution in [1.82, 2.24) is 20.5 Å². The molecule has 1 saturated heterocycles. The fraction of sp³-hybridized carbons (Fsp3) is 0.571. The van der Waals surface area contributed by atoms with E-state index in [1.165, 1.54) is 13.0 Å². The molecular weight excluding hydrogens is 297 g/mol. The van der Waals surface area contributed by atoms with Crippen molar-refractivity contribution < 1.29 is 18.0 Å². The monoisotopic (exact) mass is 316 g/mol. The van der Waals surface area contributed by atoms with Crippen LogP contribution in [0.4, 0.5) is 13.2 Å². The minimum Gasteiger partial charge on any atom is -0.351 e. The van der Waals surface area contributed by atoms with Gasteiger partial charge in [0.1, 0.15) is 5.69 Å². The fourth-order valence-corrected chi connectivity index (χ4v) is 2.32. The average Bonchev–Trinajstić information content (AvgIpc) is 2.47. The Morgan fingerprint density at radius 1 is 1.36 bits per heavy atom. The van der Waals surface area contributed by atoms with Crippen LogP contribution >= 0.6 is 0 Å². The quantitative estimate of drug-likeness (QED) is 0.872. The van der Waals surface area contributed by atoms with E-state index in [9.17, 15) is 18.0 Å². The van der Waals surface area contributed by atoms with Crippen LogP contribution in [0.5, 0.6) is 0 Å². The lowest BCUT2D eigenvalue weighted by Gasteiger charge is -2.27. The normalized spacial score (nSPS) is 16.5. The summed E-state index contributed by atoms with van der Waals surface area (Å²) in [5, 5.41) is 5.96. The Balaban J connectivity index is 1.89. The van der Waals surface area contributed by atoms with Gasteiger partial charge in [-0.15, -0.1) is 0 Å². The number of hydrogen-bond donors (Lipinski definition) is 2. The first-order valence-corrected chi connectivity index (χ1v) is 7.14. The van der Waals surface area contributed by atoms with E-state index in [0.717, 1.165) is 38.8 Å². The van der Waals surface area contributed by atoms with Gasteiger partial charge in [-0.2, -0.15) is 13.2 Å². The molecule has 0 aromatic carbocycles. The van der Waals surface area contributed by atoms with Gasteiger partial charge in [-0.25, -0.2) is 4.98 Å². The SMILES string of the molecule is Cc1nc(C(F)(F)F)ccc1C(=O)NCCN1CCNCC1. The van der Waals surface area contributed by atoms with Gasteiger partial charge in [0.2, 0.25) is 0 Å². The summed E-state index contributed by atoms with van der Waals surface area (Å²) in [6, 6.07) is 2.00. The molecule has 2 heterocycles. The highest BCUT2D eigenvalue weighted by Crippen LogP contribution is 2.28. The molecule has 0 bridgehead atoms. The Morgan fingerprint density at radius 2 is 2.05 bits per heavy atom. The largest absolute Gasteiger partial charge is 0.433 e. The van der Waals surface area contributed by atoms with Crippen molar-refractivity contribution in [2.45, 2.75) is 13.1 Å². The number of aryl methyl sites for hydroxylation is 1. The van der Waals surface area contributed by atoms with Crippen LogP contribution in [0.15, 0.2) is 12.1 Å². The summed E-state index contributed by atoms with van der Waals surface area (Å²) in [7, 11) is 0. The number of nitrogens with zero attached hydrogens (tertiary/aromatic N) is 2. The van der Waals surface area contributed by atoms with Crippen molar-refractivity contribution in [1.29, 1.82) is 0 Å². The van der Waals surface area contributed by atoms with E-state index in [1.807, 2.05) is 0 Å². The van der Waals surface area contributed by atoms with Crippen LogP contribution in [-0.2, 0) is 6.18 Å². The van der Waals surface area contributed by atoms with Crippen molar-refractivity contribution in [3.05, 3.63) is 29.1 Å². The van der Waals surface area contributed by atoms with Crippen LogP contribution in [0.25, 0.3) is 0 Å². The molecule has 22 heavy (non-hydrogen) atoms. The summed E-state index contributed by atoms with van der Waals surface area (Å²) < 4.78 is 37.6. The lowest BCUT2D eigenvalue weighted by molar-refractivity contribution is -0.141. The Kier molecular flexibility index (Phi) is 5.36. The highest BCUT2D eigenvalue weighted by molar-refractivity contribution is 5.95. The van der Waals surface area contributed by atoms with Gasteiger partial charge in [-0.3, -0.25) is 9.69 Å². The highest BCUT2D eigenvalue weighted by Gasteiger charge is 2.33. The van der Waals surface area contributed by atoms with Gasteiger partial charge in [0.05, 0.1) is 11.3 Å². The molecule has 0 unspecified atom stereocenters. The molecule has 0 atom stereocenters. The minimum absolute atomic E-state index is 0.0782. The first-order valence-electron chi connectivity index (χ1n) is 7.14. The van der Waals surface area contributed by atoms with E-state index in [1.54, 1.807) is 0 Å². The number of amides is 1. The van der Waals surface area contributed by atoms with Crippen LogP contribution in [-0.4, -0.2) is 55.1 Å². The molecule has 0 spiro atoms. The molecule has 1 aromatic heterocycles. The second-order valence-electron chi connectivity index (χ2n) is 5.17. The lowest BCUT2D eigenvalue weighted by atomic mass is 10.1. The Morgan fingerprint density at radius 3 is 2.64 bits per heavy atom. The van der Waals surface area contributed by atoms with E-state index < -0.39 is 17.8 Å². The zero-order chi connectivity index (χ0) is 16.2. The number of halogens is 3. The predicted molar refractivity (Wildman–Crippen MR) is 75.6 cm³/mol. The maximum atomic E-state index is 12.5. The molecule has 1 aromatic rings. The number of pyridine rings is 1. The highest BCUT2D eigenvalue weighted by atomic mass is 19.4. The van der Waals surface area contributed by atoms with Gasteiger partial charge in [0, 0.05) is 39.3 Å². The van der Waals surface area contributed by atoms with Crippen LogP contribution in [0.1, 0.15) is 21.7 Å². The van der Waals surface area contributed by atoms with Crippen LogP contribution in [0, 0.1) is 6.92 Å². The first kappa shape index (κ1) is 16.7. The minimum atomic E-state index is -4.50. The second-order valence-corrected chi connectivity index (χ2v) is 5.17. The number of piperazine rings is 1. The maximum Gasteiger partial charge on any atom is 0.433 e. The number of hydrogen-bond acceptors (Lipinski definition) is 4. The molecular formula is C14H19F3N4O. The zero-order valence-electron chi connectivity index (χ0n) is 12.3. The zero-order valence-corrected chi connectivity index (χ0v) is 12.3. The van der Waals surface area contributed by atoms with Gasteiger partial charge in [0.25, 0.3) is 5.91 Å². The number of nitrogens with one attached hydrogen (secondary N) is 2. The van der Waals surface area contributed by atoms with Crippen molar-refractivity contribution in [3.8, 4) is 0 Å². The summed E-state index contributed by atoms with van der Waals surface area (Å²) in [6.45, 7) is 6.29. The number of carbonyl (C=O) groups is 1. The van der Waals surface area contributed by atoms with E-state index >= 15 is 0 Å². The van der Waals surface area contributed by atoms with Gasteiger partial charge >= 0.3 is 6.18 Å². The van der Waals surface area contributed by atoms with Crippen molar-refractivity contribution in [3.63, 3.8) is 0 Å². The van der Waals surface area contributed by atoms with Crippen molar-refractivity contribution >= 4 is 5.91 Å². The first-order chi connectivity index (χ1) is 10.4. The molecule has 5 nitrogen and oxygen atoms in total. The van der Waals surface area contributed by atoms with Crippen molar-refractivity contribution in [2.75, 3.05) is 39.3 Å². The summed E-state index contributed by atoms with van der Waals surface area (Å²) >= 11 is 0. The molecule has 0 saturated carbocycles. The van der Waals surface area contributed by atoms with E-state index in [4.69, 9.17) is 0 Å². The van der Waals surface area contributed by atoms with E-state index in [-0.39, 0.29) is 11.3 Å². The summed E-state index contributed by atoms with van der Waals surface area (Å²) in [5.74, 6) is -0.395. The topological polar surface area (TPSA) is 57.3 Å². The van der Waals surface area contributed by atoms with E-state index in [2.05, 4.69) is 20.5 Å². The Bertz CT molecular complexity index is 527. The molecule has 1 amide bonds. The standard InChI is InChI=1S/C14H19F3N4O/c1-10-11(2-3-12(20-10)14(15,16)17)13(22)19-6-9-21-7-4-18-5-8-21/h2-3,18H,4-9H2,1H3,(H,19,22). The molecule has 0 aliphatic carbocycles. The van der Waals surface area contributed by atoms with Crippen LogP contribution in [0.3, 0.4) is 0 Å². The maximum absolute atomic E-state index is 12.5. The van der Waals surface area contributed by atoms with Crippen LogP contribution in [0.2, 0.25) is 0 Å². The fourth-order valence-electron chi connectivity index (χ4n) is 2.32. The molecule has 0 radical (unpaired) electrons. The molecule has 122 valence electrons. The Hall–Kier alpha value is -1.67. The van der Waals surface area contributed by atoms with Crippen molar-refractivity contribution in [2.24, 2.45) is 0 Å². The van der Waals surface area contributed by atoms with Crippen LogP contribution < -0.4 is 10.6 Å². The summed E-state index contributed by atoms with van der Waals surface area (Å²) in [6.07, 6.45) is -4.50. The molecule has 1 aliphatic rings. The summed E-state index contributed by atoms with van der Waals surface area (Å²) in [5.41, 5.74) is -0.731. The summed E-state index contributed by atoms with van der Waals surface area (Å²) in [4.78, 5) is 17.7. The third-order valence-corrected chi connectivity index (χ3v) is 3.54. The predicted octanol–water partition coefficient (Wildman–Crippen LogP) is 1.04. The lowest BCUT2D eigenvalue weighted by Crippen LogP contribution is -2.46. The molecule has 2 rings (SSSR count). The molecule has 2 N–H and O–H groups in total. The third kappa shape index (κ3) is 4.41. The number of alkyl halides is 3. The molecule has 1 aliphatic heterocycles.